The first-order valence-corrected chi connectivity index (χ1v) is 10.6. The van der Waals surface area contributed by atoms with Crippen molar-refractivity contribution in [3.63, 3.8) is 0 Å². The maximum absolute atomic E-state index is 12.8. The molecule has 0 fully saturated rings. The van der Waals surface area contributed by atoms with Gasteiger partial charge in [0.05, 0.1) is 24.8 Å². The van der Waals surface area contributed by atoms with Crippen LogP contribution in [0, 0.1) is 0 Å². The summed E-state index contributed by atoms with van der Waals surface area (Å²) in [5, 5.41) is 0. The Kier molecular flexibility index (Phi) is 5.79. The molecular weight excluding hydrogens is 380 g/mol. The van der Waals surface area contributed by atoms with Crippen LogP contribution in [0.1, 0.15) is 25.3 Å². The molecule has 0 aromatic heterocycles. The summed E-state index contributed by atoms with van der Waals surface area (Å²) in [6.45, 7) is 2.46. The summed E-state index contributed by atoms with van der Waals surface area (Å²) in [5.74, 6) is 0.806. The number of aryl methyl sites for hydroxylation is 1. The maximum atomic E-state index is 12.8. The van der Waals surface area contributed by atoms with E-state index in [-0.39, 0.29) is 10.8 Å². The van der Waals surface area contributed by atoms with Gasteiger partial charge in [-0.3, -0.25) is 9.52 Å². The third kappa shape index (κ3) is 3.91. The van der Waals surface area contributed by atoms with Gasteiger partial charge in [-0.05, 0) is 42.7 Å². The van der Waals surface area contributed by atoms with Crippen molar-refractivity contribution >= 4 is 27.3 Å². The van der Waals surface area contributed by atoms with Gasteiger partial charge in [-0.1, -0.05) is 13.0 Å². The molecule has 1 amide bonds. The Morgan fingerprint density at radius 1 is 1.11 bits per heavy atom. The molecule has 0 spiro atoms. The van der Waals surface area contributed by atoms with Crippen LogP contribution >= 0.6 is 0 Å². The number of rotatable bonds is 6. The van der Waals surface area contributed by atoms with Gasteiger partial charge >= 0.3 is 0 Å². The van der Waals surface area contributed by atoms with Crippen molar-refractivity contribution in [3.05, 3.63) is 42.0 Å². The number of nitrogens with one attached hydrogen (secondary N) is 1. The smallest absolute Gasteiger partial charge is 0.262 e. The number of carbonyl (C=O) groups excluding carboxylic acids is 1. The van der Waals surface area contributed by atoms with Gasteiger partial charge in [0, 0.05) is 24.7 Å². The molecule has 0 bridgehead atoms. The molecular formula is C20H24N2O5S. The maximum Gasteiger partial charge on any atom is 0.262 e. The fraction of sp³-hybridized carbons (Fsp3) is 0.350. The van der Waals surface area contributed by atoms with Gasteiger partial charge in [-0.25, -0.2) is 8.42 Å². The van der Waals surface area contributed by atoms with E-state index in [0.29, 0.717) is 30.2 Å². The molecule has 3 rings (SSSR count). The lowest BCUT2D eigenvalue weighted by Gasteiger charge is -2.29. The van der Waals surface area contributed by atoms with Crippen molar-refractivity contribution in [3.8, 4) is 11.5 Å². The fourth-order valence-electron chi connectivity index (χ4n) is 3.29. The van der Waals surface area contributed by atoms with Crippen LogP contribution in [0.2, 0.25) is 0 Å². The number of methoxy groups -OCH3 is 2. The molecule has 1 N–H and O–H groups in total. The van der Waals surface area contributed by atoms with Crippen LogP contribution in [-0.4, -0.2) is 35.1 Å². The number of hydrogen-bond acceptors (Lipinski definition) is 5. The largest absolute Gasteiger partial charge is 0.493 e. The number of hydrogen-bond donors (Lipinski definition) is 1. The minimum Gasteiger partial charge on any atom is -0.493 e. The predicted octanol–water partition coefficient (Wildman–Crippen LogP) is 3.19. The molecule has 2 aromatic rings. The van der Waals surface area contributed by atoms with E-state index in [1.165, 1.54) is 26.4 Å². The average Bonchev–Trinajstić information content (AvgIpc) is 2.71. The fourth-order valence-corrected chi connectivity index (χ4v) is 4.35. The molecule has 8 heteroatoms. The molecule has 0 radical (unpaired) electrons. The number of fused-ring (bicyclic) bond motifs is 1. The Balaban J connectivity index is 1.92. The Morgan fingerprint density at radius 2 is 1.86 bits per heavy atom. The average molecular weight is 404 g/mol. The number of nitrogens with zero attached hydrogens (tertiary/aromatic N) is 1. The van der Waals surface area contributed by atoms with Gasteiger partial charge in [0.1, 0.15) is 0 Å². The van der Waals surface area contributed by atoms with Gasteiger partial charge < -0.3 is 14.4 Å². The third-order valence-electron chi connectivity index (χ3n) is 4.72. The number of carbonyl (C=O) groups is 1. The third-order valence-corrected chi connectivity index (χ3v) is 6.10. The zero-order chi connectivity index (χ0) is 20.3. The lowest BCUT2D eigenvalue weighted by Crippen LogP contribution is -2.35. The summed E-state index contributed by atoms with van der Waals surface area (Å²) >= 11 is 0. The van der Waals surface area contributed by atoms with E-state index in [1.807, 2.05) is 13.0 Å². The highest BCUT2D eigenvalue weighted by Gasteiger charge is 2.23. The number of amides is 1. The van der Waals surface area contributed by atoms with Crippen LogP contribution in [0.5, 0.6) is 11.5 Å². The molecule has 0 saturated carbocycles. The summed E-state index contributed by atoms with van der Waals surface area (Å²) in [6.07, 6.45) is 2.17. The molecule has 1 aliphatic rings. The lowest BCUT2D eigenvalue weighted by atomic mass is 10.0. The van der Waals surface area contributed by atoms with Gasteiger partial charge in [-0.15, -0.1) is 0 Å². The van der Waals surface area contributed by atoms with Crippen molar-refractivity contribution in [1.82, 2.24) is 0 Å². The number of ether oxygens (including phenoxy) is 2. The Hall–Kier alpha value is -2.74. The predicted molar refractivity (Wildman–Crippen MR) is 108 cm³/mol. The summed E-state index contributed by atoms with van der Waals surface area (Å²) in [5.41, 5.74) is 2.22. The molecule has 0 unspecified atom stereocenters. The van der Waals surface area contributed by atoms with Crippen LogP contribution in [0.4, 0.5) is 11.4 Å². The molecule has 1 heterocycles. The van der Waals surface area contributed by atoms with E-state index in [1.54, 1.807) is 23.1 Å². The molecule has 0 aliphatic carbocycles. The van der Waals surface area contributed by atoms with E-state index < -0.39 is 10.0 Å². The summed E-state index contributed by atoms with van der Waals surface area (Å²) in [4.78, 5) is 14.0. The second-order valence-electron chi connectivity index (χ2n) is 6.47. The monoisotopic (exact) mass is 404 g/mol. The second kappa shape index (κ2) is 8.10. The van der Waals surface area contributed by atoms with Crippen LogP contribution in [-0.2, 0) is 21.2 Å². The molecule has 0 atom stereocenters. The van der Waals surface area contributed by atoms with Crippen molar-refractivity contribution in [2.24, 2.45) is 0 Å². The van der Waals surface area contributed by atoms with Crippen molar-refractivity contribution in [2.45, 2.75) is 31.1 Å². The first-order chi connectivity index (χ1) is 13.4. The number of anilines is 2. The highest BCUT2D eigenvalue weighted by molar-refractivity contribution is 7.92. The topological polar surface area (TPSA) is 84.9 Å². The number of sulfonamides is 1. The van der Waals surface area contributed by atoms with Gasteiger partial charge in [0.25, 0.3) is 10.0 Å². The van der Waals surface area contributed by atoms with Crippen molar-refractivity contribution < 1.29 is 22.7 Å². The molecule has 2 aromatic carbocycles. The normalized spacial score (nSPS) is 13.6. The standard InChI is InChI=1S/C20H24N2O5S/c1-4-20(23)22-11-5-6-14-7-8-15(12-17(14)22)21-28(24,25)16-9-10-18(26-2)19(13-16)27-3/h7-10,12-13,21H,4-6,11H2,1-3H3. The van der Waals surface area contributed by atoms with Crippen LogP contribution in [0.25, 0.3) is 0 Å². The molecule has 150 valence electrons. The summed E-state index contributed by atoms with van der Waals surface area (Å²) in [7, 11) is -0.894. The zero-order valence-corrected chi connectivity index (χ0v) is 17.0. The highest BCUT2D eigenvalue weighted by atomic mass is 32.2. The minimum absolute atomic E-state index is 0.0286. The molecule has 1 aliphatic heterocycles. The van der Waals surface area contributed by atoms with Crippen molar-refractivity contribution in [1.29, 1.82) is 0 Å². The van der Waals surface area contributed by atoms with Crippen LogP contribution in [0.3, 0.4) is 0 Å². The van der Waals surface area contributed by atoms with Gasteiger partial charge in [-0.2, -0.15) is 0 Å². The van der Waals surface area contributed by atoms with E-state index >= 15 is 0 Å². The first kappa shape index (κ1) is 20.0. The second-order valence-corrected chi connectivity index (χ2v) is 8.15. The van der Waals surface area contributed by atoms with E-state index in [4.69, 9.17) is 9.47 Å². The Labute approximate surface area is 165 Å². The van der Waals surface area contributed by atoms with Crippen LogP contribution in [0.15, 0.2) is 41.3 Å². The van der Waals surface area contributed by atoms with Crippen LogP contribution < -0.4 is 19.1 Å². The summed E-state index contributed by atoms with van der Waals surface area (Å²) in [6, 6.07) is 9.72. The zero-order valence-electron chi connectivity index (χ0n) is 16.2. The summed E-state index contributed by atoms with van der Waals surface area (Å²) < 4.78 is 38.6. The Morgan fingerprint density at radius 3 is 2.54 bits per heavy atom. The van der Waals surface area contributed by atoms with E-state index in [2.05, 4.69) is 4.72 Å². The van der Waals surface area contributed by atoms with Gasteiger partial charge in [0.15, 0.2) is 11.5 Å². The van der Waals surface area contributed by atoms with E-state index in [0.717, 1.165) is 24.1 Å². The first-order valence-electron chi connectivity index (χ1n) is 9.07. The highest BCUT2D eigenvalue weighted by Crippen LogP contribution is 2.33. The molecule has 28 heavy (non-hydrogen) atoms. The van der Waals surface area contributed by atoms with Crippen molar-refractivity contribution in [2.75, 3.05) is 30.4 Å². The Bertz CT molecular complexity index is 988. The molecule has 0 saturated heterocycles. The van der Waals surface area contributed by atoms with E-state index in [9.17, 15) is 13.2 Å². The quantitative estimate of drug-likeness (QED) is 0.799. The SMILES string of the molecule is CCC(=O)N1CCCc2ccc(NS(=O)(=O)c3ccc(OC)c(OC)c3)cc21. The molecule has 7 nitrogen and oxygen atoms in total. The lowest BCUT2D eigenvalue weighted by molar-refractivity contribution is -0.118. The number of benzene rings is 2. The minimum atomic E-state index is -3.83. The van der Waals surface area contributed by atoms with Gasteiger partial charge in [0.2, 0.25) is 5.91 Å².